The molecular weight excluding hydrogens is 275 g/mol. The number of allylic oxidation sites excluding steroid dienone is 1. The highest BCUT2D eigenvalue weighted by atomic mass is 127. The number of rotatable bonds is 5. The van der Waals surface area contributed by atoms with Crippen LogP contribution in [0.1, 0.15) is 45.4 Å². The number of halogens is 1. The summed E-state index contributed by atoms with van der Waals surface area (Å²) in [5.74, 6) is 0.363. The van der Waals surface area contributed by atoms with E-state index in [0.29, 0.717) is 5.78 Å². The van der Waals surface area contributed by atoms with E-state index in [-0.39, 0.29) is 5.41 Å². The molecule has 0 atom stereocenters. The van der Waals surface area contributed by atoms with Crippen LogP contribution in [0.15, 0.2) is 10.2 Å². The van der Waals surface area contributed by atoms with E-state index in [1.807, 2.05) is 4.08 Å². The highest BCUT2D eigenvalue weighted by molar-refractivity contribution is 14.1. The minimum Gasteiger partial charge on any atom is -0.294 e. The fourth-order valence-corrected chi connectivity index (χ4v) is 2.30. The summed E-state index contributed by atoms with van der Waals surface area (Å²) in [6.45, 7) is 2.19. The van der Waals surface area contributed by atoms with Crippen molar-refractivity contribution in [2.24, 2.45) is 5.41 Å². The maximum Gasteiger partial charge on any atom is 0.162 e. The zero-order valence-electron chi connectivity index (χ0n) is 8.18. The van der Waals surface area contributed by atoms with Gasteiger partial charge in [-0.3, -0.25) is 4.79 Å². The maximum absolute atomic E-state index is 11.8. The summed E-state index contributed by atoms with van der Waals surface area (Å²) >= 11 is 2.12. The zero-order valence-corrected chi connectivity index (χ0v) is 10.3. The smallest absolute Gasteiger partial charge is 0.162 e. The van der Waals surface area contributed by atoms with Gasteiger partial charge in [0.25, 0.3) is 0 Å². The second-order valence-electron chi connectivity index (χ2n) is 3.89. The molecule has 0 saturated heterocycles. The molecule has 0 radical (unpaired) electrons. The average molecular weight is 292 g/mol. The molecule has 0 aromatic carbocycles. The van der Waals surface area contributed by atoms with Gasteiger partial charge in [-0.25, -0.2) is 0 Å². The van der Waals surface area contributed by atoms with E-state index in [9.17, 15) is 4.79 Å². The fraction of sp³-hybridized carbons (Fsp3) is 0.727. The van der Waals surface area contributed by atoms with Gasteiger partial charge < -0.3 is 0 Å². The van der Waals surface area contributed by atoms with E-state index in [0.717, 1.165) is 19.3 Å². The van der Waals surface area contributed by atoms with Gasteiger partial charge in [-0.05, 0) is 29.4 Å². The molecule has 13 heavy (non-hydrogen) atoms. The van der Waals surface area contributed by atoms with Gasteiger partial charge in [-0.2, -0.15) is 0 Å². The van der Waals surface area contributed by atoms with E-state index in [1.165, 1.54) is 19.3 Å². The quantitative estimate of drug-likeness (QED) is 0.555. The van der Waals surface area contributed by atoms with E-state index in [2.05, 4.69) is 29.5 Å². The second-order valence-corrected chi connectivity index (χ2v) is 4.61. The van der Waals surface area contributed by atoms with Gasteiger partial charge in [-0.15, -0.1) is 0 Å². The third-order valence-electron chi connectivity index (χ3n) is 3.06. The summed E-state index contributed by atoms with van der Waals surface area (Å²) in [7, 11) is 0. The van der Waals surface area contributed by atoms with E-state index >= 15 is 0 Å². The number of hydrogen-bond donors (Lipinski definition) is 0. The third kappa shape index (κ3) is 2.55. The Hall–Kier alpha value is 0.140. The van der Waals surface area contributed by atoms with Crippen molar-refractivity contribution < 1.29 is 4.79 Å². The Labute approximate surface area is 94.1 Å². The lowest BCUT2D eigenvalue weighted by Gasteiger charge is -2.39. The van der Waals surface area contributed by atoms with E-state index < -0.39 is 0 Å². The largest absolute Gasteiger partial charge is 0.294 e. The van der Waals surface area contributed by atoms with Crippen molar-refractivity contribution in [3.8, 4) is 0 Å². The van der Waals surface area contributed by atoms with Crippen LogP contribution in [0, 0.1) is 5.41 Å². The van der Waals surface area contributed by atoms with Crippen molar-refractivity contribution in [2.75, 3.05) is 0 Å². The molecule has 0 spiro atoms. The first-order chi connectivity index (χ1) is 6.25. The molecule has 2 heteroatoms. The highest BCUT2D eigenvalue weighted by Gasteiger charge is 2.41. The van der Waals surface area contributed by atoms with Crippen LogP contribution < -0.4 is 0 Å². The van der Waals surface area contributed by atoms with E-state index in [4.69, 9.17) is 0 Å². The average Bonchev–Trinajstić information content (AvgIpc) is 2.03. The molecule has 0 aliphatic heterocycles. The van der Waals surface area contributed by atoms with Gasteiger partial charge in [0.15, 0.2) is 5.78 Å². The monoisotopic (exact) mass is 292 g/mol. The minimum atomic E-state index is 0.0533. The molecule has 0 N–H and O–H groups in total. The number of ketones is 1. The van der Waals surface area contributed by atoms with Crippen molar-refractivity contribution in [1.82, 2.24) is 0 Å². The molecular formula is C11H17IO. The zero-order chi connectivity index (χ0) is 9.73. The van der Waals surface area contributed by atoms with Crippen LogP contribution in [0.4, 0.5) is 0 Å². The van der Waals surface area contributed by atoms with Crippen LogP contribution in [0.3, 0.4) is 0 Å². The first-order valence-corrected chi connectivity index (χ1v) is 6.31. The number of hydrogen-bond acceptors (Lipinski definition) is 1. The van der Waals surface area contributed by atoms with Gasteiger partial charge in [0.1, 0.15) is 0 Å². The molecule has 0 heterocycles. The Bertz CT molecular complexity index is 204. The van der Waals surface area contributed by atoms with Crippen LogP contribution in [0.5, 0.6) is 0 Å². The molecule has 0 aromatic heterocycles. The van der Waals surface area contributed by atoms with Crippen LogP contribution in [-0.2, 0) is 4.79 Å². The Morgan fingerprint density at radius 2 is 2.23 bits per heavy atom. The van der Waals surface area contributed by atoms with E-state index in [1.54, 1.807) is 6.08 Å². The van der Waals surface area contributed by atoms with Gasteiger partial charge in [0.05, 0.1) is 0 Å². The van der Waals surface area contributed by atoms with Crippen molar-refractivity contribution in [3.05, 3.63) is 10.2 Å². The van der Waals surface area contributed by atoms with Gasteiger partial charge >= 0.3 is 0 Å². The molecule has 0 amide bonds. The van der Waals surface area contributed by atoms with Crippen molar-refractivity contribution in [3.63, 3.8) is 0 Å². The summed E-state index contributed by atoms with van der Waals surface area (Å²) in [6, 6.07) is 0. The Morgan fingerprint density at radius 1 is 1.54 bits per heavy atom. The Morgan fingerprint density at radius 3 is 2.62 bits per heavy atom. The second kappa shape index (κ2) is 5.13. The van der Waals surface area contributed by atoms with Gasteiger partial charge in [0, 0.05) is 5.41 Å². The predicted molar refractivity (Wildman–Crippen MR) is 64.0 cm³/mol. The number of carbonyl (C=O) groups is 1. The SMILES string of the molecule is CCCCC1(C(=O)/C=C/I)CCC1. The standard InChI is InChI=1S/C11H17IO/c1-2-3-6-11(7-4-8-11)10(13)5-9-12/h5,9H,2-4,6-8H2,1H3/b9-5+. The molecule has 0 bridgehead atoms. The number of unbranched alkanes of at least 4 members (excludes halogenated alkanes) is 1. The topological polar surface area (TPSA) is 17.1 Å². The van der Waals surface area contributed by atoms with Crippen LogP contribution in [0.25, 0.3) is 0 Å². The molecule has 1 saturated carbocycles. The first kappa shape index (κ1) is 11.2. The first-order valence-electron chi connectivity index (χ1n) is 5.06. The molecule has 1 nitrogen and oxygen atoms in total. The lowest BCUT2D eigenvalue weighted by atomic mass is 9.63. The van der Waals surface area contributed by atoms with Crippen molar-refractivity contribution in [1.29, 1.82) is 0 Å². The molecule has 1 rings (SSSR count). The fourth-order valence-electron chi connectivity index (χ4n) is 1.97. The number of carbonyl (C=O) groups excluding carboxylic acids is 1. The summed E-state index contributed by atoms with van der Waals surface area (Å²) in [5.41, 5.74) is 0.0533. The highest BCUT2D eigenvalue weighted by Crippen LogP contribution is 2.46. The molecule has 0 unspecified atom stereocenters. The molecule has 1 aliphatic carbocycles. The Kier molecular flexibility index (Phi) is 4.42. The van der Waals surface area contributed by atoms with Crippen LogP contribution in [-0.4, -0.2) is 5.78 Å². The predicted octanol–water partition coefficient (Wildman–Crippen LogP) is 3.86. The molecule has 1 aliphatic rings. The lowest BCUT2D eigenvalue weighted by Crippen LogP contribution is -2.36. The van der Waals surface area contributed by atoms with Gasteiger partial charge in [-0.1, -0.05) is 48.8 Å². The summed E-state index contributed by atoms with van der Waals surface area (Å²) in [6.07, 6.45) is 8.71. The summed E-state index contributed by atoms with van der Waals surface area (Å²) < 4.78 is 1.84. The Balaban J connectivity index is 2.53. The molecule has 1 fully saturated rings. The maximum atomic E-state index is 11.8. The van der Waals surface area contributed by atoms with Gasteiger partial charge in [0.2, 0.25) is 0 Å². The van der Waals surface area contributed by atoms with Crippen LogP contribution in [0.2, 0.25) is 0 Å². The van der Waals surface area contributed by atoms with Crippen LogP contribution >= 0.6 is 22.6 Å². The van der Waals surface area contributed by atoms with Crippen molar-refractivity contribution >= 4 is 28.4 Å². The molecule has 74 valence electrons. The normalized spacial score (nSPS) is 20.2. The van der Waals surface area contributed by atoms with Crippen molar-refractivity contribution in [2.45, 2.75) is 45.4 Å². The minimum absolute atomic E-state index is 0.0533. The molecule has 0 aromatic rings. The summed E-state index contributed by atoms with van der Waals surface area (Å²) in [5, 5.41) is 0. The lowest BCUT2D eigenvalue weighted by molar-refractivity contribution is -0.129. The third-order valence-corrected chi connectivity index (χ3v) is 3.42. The summed E-state index contributed by atoms with van der Waals surface area (Å²) in [4.78, 5) is 11.8.